The number of hydrogen-bond donors (Lipinski definition) is 1. The number of primary amides is 1. The van der Waals surface area contributed by atoms with Crippen LogP contribution in [0.15, 0.2) is 34.8 Å². The summed E-state index contributed by atoms with van der Waals surface area (Å²) in [5, 5.41) is 9.87. The van der Waals surface area contributed by atoms with Gasteiger partial charge in [0.25, 0.3) is 0 Å². The second-order valence-electron chi connectivity index (χ2n) is 5.77. The first-order valence-electron chi connectivity index (χ1n) is 8.38. The van der Waals surface area contributed by atoms with Crippen molar-refractivity contribution in [2.45, 2.75) is 0 Å². The number of aromatic nitrogens is 2. The van der Waals surface area contributed by atoms with Gasteiger partial charge in [0.05, 0.1) is 25.8 Å². The minimum Gasteiger partial charge on any atom is -0.493 e. The number of benzene rings is 2. The lowest BCUT2D eigenvalue weighted by Crippen LogP contribution is -2.10. The zero-order chi connectivity index (χ0) is 21.0. The fraction of sp³-hybridized carbons (Fsp3) is 0.150. The third-order valence-electron chi connectivity index (χ3n) is 4.06. The summed E-state index contributed by atoms with van der Waals surface area (Å²) in [6, 6.07) is 8.77. The molecule has 0 aliphatic heterocycles. The Balaban J connectivity index is 1.88. The van der Waals surface area contributed by atoms with E-state index in [2.05, 4.69) is 26.1 Å². The van der Waals surface area contributed by atoms with E-state index in [0.29, 0.717) is 22.8 Å². The molecule has 150 valence electrons. The second-order valence-corrected chi connectivity index (χ2v) is 7.57. The SMILES string of the molecule is COc1cc(/C=C/c2nnc(-c3ccc(C(N)=O)cc3)s2)c(Br)c(OC)c1OC. The maximum atomic E-state index is 11.2. The summed E-state index contributed by atoms with van der Waals surface area (Å²) < 4.78 is 17.0. The molecule has 2 aromatic carbocycles. The number of ether oxygens (including phenoxy) is 3. The summed E-state index contributed by atoms with van der Waals surface area (Å²) in [7, 11) is 4.69. The highest BCUT2D eigenvalue weighted by molar-refractivity contribution is 9.10. The van der Waals surface area contributed by atoms with Crippen molar-refractivity contribution in [3.8, 4) is 27.8 Å². The zero-order valence-electron chi connectivity index (χ0n) is 15.9. The maximum Gasteiger partial charge on any atom is 0.248 e. The van der Waals surface area contributed by atoms with Crippen LogP contribution in [0.3, 0.4) is 0 Å². The van der Waals surface area contributed by atoms with Crippen LogP contribution in [0.1, 0.15) is 20.9 Å². The molecule has 7 nitrogen and oxygen atoms in total. The summed E-state index contributed by atoms with van der Waals surface area (Å²) >= 11 is 4.97. The molecule has 0 atom stereocenters. The van der Waals surface area contributed by atoms with Gasteiger partial charge in [-0.2, -0.15) is 0 Å². The highest BCUT2D eigenvalue weighted by atomic mass is 79.9. The molecule has 2 N–H and O–H groups in total. The maximum absolute atomic E-state index is 11.2. The molecule has 9 heteroatoms. The van der Waals surface area contributed by atoms with Gasteiger partial charge < -0.3 is 19.9 Å². The average Bonchev–Trinajstić information content (AvgIpc) is 3.21. The summed E-state index contributed by atoms with van der Waals surface area (Å²) in [6.07, 6.45) is 3.74. The van der Waals surface area contributed by atoms with Crippen molar-refractivity contribution in [3.63, 3.8) is 0 Å². The Kier molecular flexibility index (Phi) is 6.50. The molecule has 1 amide bonds. The first-order valence-corrected chi connectivity index (χ1v) is 9.99. The number of hydrogen-bond acceptors (Lipinski definition) is 7. The average molecular weight is 476 g/mol. The number of methoxy groups -OCH3 is 3. The molecule has 29 heavy (non-hydrogen) atoms. The lowest BCUT2D eigenvalue weighted by molar-refractivity contribution is 0.100. The van der Waals surface area contributed by atoms with Gasteiger partial charge in [0.1, 0.15) is 10.0 Å². The summed E-state index contributed by atoms with van der Waals surface area (Å²) in [4.78, 5) is 11.2. The van der Waals surface area contributed by atoms with Crippen LogP contribution in [0.5, 0.6) is 17.2 Å². The lowest BCUT2D eigenvalue weighted by Gasteiger charge is -2.15. The van der Waals surface area contributed by atoms with Crippen molar-refractivity contribution in [2.75, 3.05) is 21.3 Å². The van der Waals surface area contributed by atoms with Gasteiger partial charge in [-0.3, -0.25) is 4.79 Å². The Morgan fingerprint density at radius 3 is 2.31 bits per heavy atom. The predicted octanol–water partition coefficient (Wildman–Crippen LogP) is 4.26. The molecule has 0 saturated heterocycles. The molecule has 0 spiro atoms. The summed E-state index contributed by atoms with van der Waals surface area (Å²) in [6.45, 7) is 0. The van der Waals surface area contributed by atoms with Crippen LogP contribution in [0, 0.1) is 0 Å². The first-order chi connectivity index (χ1) is 14.0. The van der Waals surface area contributed by atoms with Crippen molar-refractivity contribution in [1.82, 2.24) is 10.2 Å². The van der Waals surface area contributed by atoms with E-state index in [1.807, 2.05) is 18.2 Å². The van der Waals surface area contributed by atoms with Crippen LogP contribution in [-0.2, 0) is 0 Å². The van der Waals surface area contributed by atoms with Crippen molar-refractivity contribution >= 4 is 45.3 Å². The Bertz CT molecular complexity index is 1060. The number of rotatable bonds is 7. The zero-order valence-corrected chi connectivity index (χ0v) is 18.3. The normalized spacial score (nSPS) is 10.9. The van der Waals surface area contributed by atoms with Gasteiger partial charge in [-0.05, 0) is 45.8 Å². The molecule has 3 aromatic rings. The molecule has 1 aromatic heterocycles. The van der Waals surface area contributed by atoms with Gasteiger partial charge in [0, 0.05) is 11.1 Å². The topological polar surface area (TPSA) is 96.6 Å². The smallest absolute Gasteiger partial charge is 0.248 e. The molecular weight excluding hydrogens is 458 g/mol. The molecule has 0 saturated carbocycles. The molecule has 0 unspecified atom stereocenters. The van der Waals surface area contributed by atoms with Crippen molar-refractivity contribution in [1.29, 1.82) is 0 Å². The van der Waals surface area contributed by atoms with E-state index in [1.54, 1.807) is 45.6 Å². The van der Waals surface area contributed by atoms with E-state index in [4.69, 9.17) is 19.9 Å². The van der Waals surface area contributed by atoms with Crippen LogP contribution in [0.4, 0.5) is 0 Å². The molecule has 1 heterocycles. The van der Waals surface area contributed by atoms with Crippen LogP contribution in [0.2, 0.25) is 0 Å². The number of carbonyl (C=O) groups excluding carboxylic acids is 1. The van der Waals surface area contributed by atoms with Gasteiger partial charge in [-0.25, -0.2) is 0 Å². The third kappa shape index (κ3) is 4.41. The van der Waals surface area contributed by atoms with Crippen molar-refractivity contribution in [3.05, 3.63) is 50.9 Å². The largest absolute Gasteiger partial charge is 0.493 e. The Morgan fingerprint density at radius 2 is 1.72 bits per heavy atom. The highest BCUT2D eigenvalue weighted by Gasteiger charge is 2.18. The molecule has 3 rings (SSSR count). The van der Waals surface area contributed by atoms with E-state index < -0.39 is 5.91 Å². The van der Waals surface area contributed by atoms with E-state index in [1.165, 1.54) is 11.3 Å². The lowest BCUT2D eigenvalue weighted by atomic mass is 10.1. The van der Waals surface area contributed by atoms with E-state index in [9.17, 15) is 4.79 Å². The quantitative estimate of drug-likeness (QED) is 0.548. The molecule has 0 aliphatic rings. The van der Waals surface area contributed by atoms with Gasteiger partial charge in [0.2, 0.25) is 11.7 Å². The van der Waals surface area contributed by atoms with Crippen LogP contribution in [0.25, 0.3) is 22.7 Å². The molecule has 0 radical (unpaired) electrons. The monoisotopic (exact) mass is 475 g/mol. The van der Waals surface area contributed by atoms with Crippen molar-refractivity contribution < 1.29 is 19.0 Å². The fourth-order valence-electron chi connectivity index (χ4n) is 2.62. The number of amides is 1. The number of nitrogens with zero attached hydrogens (tertiary/aromatic N) is 2. The van der Waals surface area contributed by atoms with Gasteiger partial charge in [-0.1, -0.05) is 29.5 Å². The van der Waals surface area contributed by atoms with Gasteiger partial charge in [-0.15, -0.1) is 10.2 Å². The number of carbonyl (C=O) groups is 1. The van der Waals surface area contributed by atoms with Crippen LogP contribution >= 0.6 is 27.3 Å². The van der Waals surface area contributed by atoms with Gasteiger partial charge in [0.15, 0.2) is 11.5 Å². The fourth-order valence-corrected chi connectivity index (χ4v) is 3.96. The summed E-state index contributed by atoms with van der Waals surface area (Å²) in [5.74, 6) is 1.14. The molecular formula is C20H18BrN3O4S. The molecule has 0 bridgehead atoms. The van der Waals surface area contributed by atoms with E-state index >= 15 is 0 Å². The second kappa shape index (κ2) is 9.06. The third-order valence-corrected chi connectivity index (χ3v) is 5.82. The van der Waals surface area contributed by atoms with Crippen molar-refractivity contribution in [2.24, 2.45) is 5.73 Å². The first kappa shape index (κ1) is 20.8. The number of halogens is 1. The Hall–Kier alpha value is -2.91. The molecule has 0 fully saturated rings. The minimum atomic E-state index is -0.464. The molecule has 0 aliphatic carbocycles. The van der Waals surface area contributed by atoms with E-state index in [-0.39, 0.29) is 0 Å². The Morgan fingerprint density at radius 1 is 1.03 bits per heavy atom. The minimum absolute atomic E-state index is 0.450. The van der Waals surface area contributed by atoms with Crippen LogP contribution < -0.4 is 19.9 Å². The standard InChI is InChI=1S/C20H18BrN3O4S/c1-26-14-10-13(16(21)18(28-3)17(14)27-2)8-9-15-23-24-20(29-15)12-6-4-11(5-7-12)19(22)25/h4-10H,1-3H3,(H2,22,25)/b9-8+. The Labute approximate surface area is 180 Å². The predicted molar refractivity (Wildman–Crippen MR) is 117 cm³/mol. The van der Waals surface area contributed by atoms with Crippen LogP contribution in [-0.4, -0.2) is 37.4 Å². The number of nitrogens with two attached hydrogens (primary N) is 1. The van der Waals surface area contributed by atoms with Gasteiger partial charge >= 0.3 is 0 Å². The highest BCUT2D eigenvalue weighted by Crippen LogP contribution is 2.45. The summed E-state index contributed by atoms with van der Waals surface area (Å²) in [5.41, 5.74) is 7.42. The van der Waals surface area contributed by atoms with E-state index in [0.717, 1.165) is 25.6 Å².